The van der Waals surface area contributed by atoms with Gasteiger partial charge in [-0.3, -0.25) is 14.6 Å². The molecule has 0 radical (unpaired) electrons. The topological polar surface area (TPSA) is 97.0 Å². The molecule has 0 saturated heterocycles. The Labute approximate surface area is 213 Å². The summed E-state index contributed by atoms with van der Waals surface area (Å²) in [7, 11) is 0. The summed E-state index contributed by atoms with van der Waals surface area (Å²) in [5.74, 6) is 1.05. The van der Waals surface area contributed by atoms with Crippen LogP contribution in [0.3, 0.4) is 0 Å². The molecular weight excluding hydrogens is 472 g/mol. The van der Waals surface area contributed by atoms with Gasteiger partial charge in [0.25, 0.3) is 5.91 Å². The van der Waals surface area contributed by atoms with Crippen molar-refractivity contribution in [3.63, 3.8) is 0 Å². The molecule has 2 heterocycles. The molecule has 186 valence electrons. The van der Waals surface area contributed by atoms with E-state index in [2.05, 4.69) is 26.6 Å². The highest BCUT2D eigenvalue weighted by molar-refractivity contribution is 7.08. The first-order chi connectivity index (χ1) is 17.6. The van der Waals surface area contributed by atoms with E-state index in [9.17, 15) is 9.59 Å². The van der Waals surface area contributed by atoms with Crippen LogP contribution in [0.2, 0.25) is 0 Å². The molecule has 2 aromatic heterocycles. The van der Waals surface area contributed by atoms with E-state index in [1.807, 2.05) is 43.3 Å². The number of rotatable bonds is 8. The van der Waals surface area contributed by atoms with Crippen LogP contribution in [-0.2, 0) is 6.61 Å². The van der Waals surface area contributed by atoms with Crippen LogP contribution in [-0.4, -0.2) is 27.6 Å². The average molecular weight is 503 g/mol. The number of carbonyl (C=O) groups excluding carboxylic acids is 1. The number of nitrogens with one attached hydrogen (secondary N) is 2. The van der Waals surface area contributed by atoms with Crippen LogP contribution < -0.4 is 14.9 Å². The number of hydrogen-bond acceptors (Lipinski definition) is 6. The Hall–Kier alpha value is -3.52. The van der Waals surface area contributed by atoms with Gasteiger partial charge in [-0.2, -0.15) is 5.10 Å². The number of hydrogen-bond donors (Lipinski definition) is 2. The zero-order valence-electron chi connectivity index (χ0n) is 20.3. The van der Waals surface area contributed by atoms with Gasteiger partial charge < -0.3 is 10.1 Å². The summed E-state index contributed by atoms with van der Waals surface area (Å²) in [5.41, 5.74) is 3.56. The van der Waals surface area contributed by atoms with Crippen molar-refractivity contribution in [1.82, 2.24) is 20.5 Å². The lowest BCUT2D eigenvalue weighted by Gasteiger charge is -2.28. The van der Waals surface area contributed by atoms with E-state index in [0.29, 0.717) is 30.4 Å². The molecule has 4 aromatic rings. The molecule has 36 heavy (non-hydrogen) atoms. The second kappa shape index (κ2) is 11.0. The minimum atomic E-state index is -0.150. The van der Waals surface area contributed by atoms with Gasteiger partial charge in [0.1, 0.15) is 17.4 Å². The Morgan fingerprint density at radius 3 is 2.67 bits per heavy atom. The lowest BCUT2D eigenvalue weighted by molar-refractivity contribution is 0.0946. The van der Waals surface area contributed by atoms with Gasteiger partial charge in [-0.1, -0.05) is 48.8 Å². The van der Waals surface area contributed by atoms with Crippen LogP contribution in [0.1, 0.15) is 64.6 Å². The molecule has 7 nitrogen and oxygen atoms in total. The maximum Gasteiger partial charge on any atom is 0.322 e. The molecule has 2 aromatic carbocycles. The van der Waals surface area contributed by atoms with E-state index in [4.69, 9.17) is 4.74 Å². The Morgan fingerprint density at radius 2 is 1.92 bits per heavy atom. The monoisotopic (exact) mass is 502 g/mol. The van der Waals surface area contributed by atoms with Gasteiger partial charge in [-0.05, 0) is 62.1 Å². The van der Waals surface area contributed by atoms with E-state index < -0.39 is 0 Å². The van der Waals surface area contributed by atoms with Crippen LogP contribution in [0.25, 0.3) is 10.9 Å². The lowest BCUT2D eigenvalue weighted by atomic mass is 9.80. The molecule has 1 amide bonds. The third-order valence-electron chi connectivity index (χ3n) is 6.91. The smallest absolute Gasteiger partial charge is 0.322 e. The molecular formula is C28H30N4O3S. The molecule has 1 saturated carbocycles. The number of amides is 1. The predicted octanol–water partition coefficient (Wildman–Crippen LogP) is 5.36. The third-order valence-corrected chi connectivity index (χ3v) is 7.79. The van der Waals surface area contributed by atoms with Crippen LogP contribution in [0, 0.1) is 12.8 Å². The van der Waals surface area contributed by atoms with E-state index in [0.717, 1.165) is 51.3 Å². The number of para-hydroxylation sites is 1. The standard InChI is InChI=1S/C28H30N4O3S/c1-18-15-21(23-9-5-6-10-25(23)30-18)17-35-22-13-11-20(12-14-22)26(33)29-16-24(19-7-3-2-4-8-19)27-31-32-28(34)36-27/h5-6,9-15,19,24H,2-4,7-8,16-17H2,1H3,(H,29,33)(H,32,34). The second-order valence-corrected chi connectivity index (χ2v) is 10.4. The first-order valence-corrected chi connectivity index (χ1v) is 13.3. The Bertz CT molecular complexity index is 1390. The normalized spacial score (nSPS) is 15.0. The first kappa shape index (κ1) is 24.2. The zero-order valence-corrected chi connectivity index (χ0v) is 21.1. The van der Waals surface area contributed by atoms with Gasteiger partial charge in [0.2, 0.25) is 0 Å². The van der Waals surface area contributed by atoms with E-state index in [-0.39, 0.29) is 16.7 Å². The first-order valence-electron chi connectivity index (χ1n) is 12.5. The number of nitrogens with zero attached hydrogens (tertiary/aromatic N) is 2. The van der Waals surface area contributed by atoms with Crippen molar-refractivity contribution in [2.75, 3.05) is 6.54 Å². The number of aromatic amines is 1. The van der Waals surface area contributed by atoms with Crippen LogP contribution in [0.15, 0.2) is 59.4 Å². The van der Waals surface area contributed by atoms with Crippen molar-refractivity contribution in [3.8, 4) is 5.75 Å². The minimum Gasteiger partial charge on any atom is -0.489 e. The predicted molar refractivity (Wildman–Crippen MR) is 142 cm³/mol. The van der Waals surface area contributed by atoms with Crippen LogP contribution in [0.4, 0.5) is 0 Å². The van der Waals surface area contributed by atoms with Crippen molar-refractivity contribution in [3.05, 3.63) is 86.1 Å². The van der Waals surface area contributed by atoms with Gasteiger partial charge in [0, 0.05) is 34.7 Å². The van der Waals surface area contributed by atoms with Crippen molar-refractivity contribution < 1.29 is 9.53 Å². The largest absolute Gasteiger partial charge is 0.489 e. The summed E-state index contributed by atoms with van der Waals surface area (Å²) < 4.78 is 6.03. The van der Waals surface area contributed by atoms with Crippen LogP contribution in [0.5, 0.6) is 5.75 Å². The maximum atomic E-state index is 12.9. The molecule has 8 heteroatoms. The molecule has 1 atom stereocenters. The molecule has 1 aliphatic carbocycles. The van der Waals surface area contributed by atoms with Gasteiger partial charge in [-0.15, -0.1) is 0 Å². The number of fused-ring (bicyclic) bond motifs is 1. The fourth-order valence-electron chi connectivity index (χ4n) is 5.07. The second-order valence-electron chi connectivity index (χ2n) is 9.42. The quantitative estimate of drug-likeness (QED) is 0.338. The van der Waals surface area contributed by atoms with Gasteiger partial charge in [-0.25, -0.2) is 5.10 Å². The summed E-state index contributed by atoms with van der Waals surface area (Å²) in [6.07, 6.45) is 5.83. The fourth-order valence-corrected chi connectivity index (χ4v) is 5.87. The maximum absolute atomic E-state index is 12.9. The number of aryl methyl sites for hydroxylation is 1. The molecule has 0 aliphatic heterocycles. The van der Waals surface area contributed by atoms with Crippen LogP contribution >= 0.6 is 11.3 Å². The van der Waals surface area contributed by atoms with Gasteiger partial charge >= 0.3 is 4.87 Å². The molecule has 0 spiro atoms. The summed E-state index contributed by atoms with van der Waals surface area (Å²) in [6.45, 7) is 2.87. The number of aromatic nitrogens is 3. The average Bonchev–Trinajstić information content (AvgIpc) is 3.34. The molecule has 1 unspecified atom stereocenters. The Balaban J connectivity index is 1.22. The number of ether oxygens (including phenoxy) is 1. The highest BCUT2D eigenvalue weighted by Crippen LogP contribution is 2.35. The Kier molecular flexibility index (Phi) is 7.41. The van der Waals surface area contributed by atoms with Crippen molar-refractivity contribution in [2.24, 2.45) is 5.92 Å². The van der Waals surface area contributed by atoms with Gasteiger partial charge in [0.05, 0.1) is 5.52 Å². The number of benzene rings is 2. The molecule has 5 rings (SSSR count). The molecule has 1 aliphatic rings. The van der Waals surface area contributed by atoms with E-state index in [1.54, 1.807) is 12.1 Å². The highest BCUT2D eigenvalue weighted by Gasteiger charge is 2.28. The summed E-state index contributed by atoms with van der Waals surface area (Å²) >= 11 is 1.15. The number of H-pyrrole nitrogens is 1. The summed E-state index contributed by atoms with van der Waals surface area (Å²) in [4.78, 5) is 29.0. The van der Waals surface area contributed by atoms with Crippen molar-refractivity contribution >= 4 is 28.1 Å². The van der Waals surface area contributed by atoms with E-state index in [1.165, 1.54) is 19.3 Å². The fraction of sp³-hybridized carbons (Fsp3) is 0.357. The zero-order chi connectivity index (χ0) is 24.9. The summed E-state index contributed by atoms with van der Waals surface area (Å²) in [5, 5.41) is 11.7. The minimum absolute atomic E-state index is 0.0550. The Morgan fingerprint density at radius 1 is 1.14 bits per heavy atom. The SMILES string of the molecule is Cc1cc(COc2ccc(C(=O)NCC(c3n[nH]c(=O)s3)C3CCCCC3)cc2)c2ccccc2n1. The lowest BCUT2D eigenvalue weighted by Crippen LogP contribution is -2.32. The number of carbonyl (C=O) groups is 1. The van der Waals surface area contributed by atoms with E-state index >= 15 is 0 Å². The molecule has 2 N–H and O–H groups in total. The highest BCUT2D eigenvalue weighted by atomic mass is 32.1. The van der Waals surface area contributed by atoms with Crippen molar-refractivity contribution in [1.29, 1.82) is 0 Å². The molecule has 1 fully saturated rings. The summed E-state index contributed by atoms with van der Waals surface area (Å²) in [6, 6.07) is 17.3. The van der Waals surface area contributed by atoms with Gasteiger partial charge in [0.15, 0.2) is 0 Å². The number of pyridine rings is 1. The third kappa shape index (κ3) is 5.65. The van der Waals surface area contributed by atoms with Crippen molar-refractivity contribution in [2.45, 2.75) is 51.6 Å². The molecule has 0 bridgehead atoms.